The largest absolute Gasteiger partial charge is 0.369 e. The van der Waals surface area contributed by atoms with E-state index in [1.54, 1.807) is 4.90 Å². The molecule has 0 unspecified atom stereocenters. The molecule has 1 aliphatic carbocycles. The van der Waals surface area contributed by atoms with Crippen molar-refractivity contribution in [1.29, 1.82) is 0 Å². The van der Waals surface area contributed by atoms with E-state index in [2.05, 4.69) is 45.5 Å². The fraction of sp³-hybridized carbons (Fsp3) is 0.765. The van der Waals surface area contributed by atoms with Crippen molar-refractivity contribution in [2.75, 3.05) is 6.54 Å². The van der Waals surface area contributed by atoms with Gasteiger partial charge in [0, 0.05) is 6.54 Å². The lowest BCUT2D eigenvalue weighted by atomic mass is 9.88. The fourth-order valence-electron chi connectivity index (χ4n) is 2.26. The predicted octanol–water partition coefficient (Wildman–Crippen LogP) is 3.17. The van der Waals surface area contributed by atoms with Gasteiger partial charge in [0.15, 0.2) is 5.96 Å². The Morgan fingerprint density at radius 2 is 1.71 bits per heavy atom. The molecule has 0 aromatic carbocycles. The van der Waals surface area contributed by atoms with Crippen LogP contribution >= 0.6 is 0 Å². The Kier molecular flexibility index (Phi) is 8.76. The summed E-state index contributed by atoms with van der Waals surface area (Å²) in [5.74, 6) is 1.25. The van der Waals surface area contributed by atoms with E-state index < -0.39 is 0 Å². The molecule has 0 bridgehead atoms. The molecule has 0 saturated heterocycles. The van der Waals surface area contributed by atoms with Gasteiger partial charge in [-0.3, -0.25) is 9.69 Å². The van der Waals surface area contributed by atoms with Crippen molar-refractivity contribution in [3.8, 4) is 12.8 Å². The van der Waals surface area contributed by atoms with Crippen LogP contribution in [0.4, 0.5) is 0 Å². The fourth-order valence-corrected chi connectivity index (χ4v) is 2.26. The van der Waals surface area contributed by atoms with Crippen molar-refractivity contribution in [3.63, 3.8) is 0 Å². The molecule has 120 valence electrons. The van der Waals surface area contributed by atoms with Crippen molar-refractivity contribution in [1.82, 2.24) is 4.90 Å². The molecule has 2 rings (SSSR count). The van der Waals surface area contributed by atoms with Crippen LogP contribution in [-0.2, 0) is 4.79 Å². The zero-order valence-electron chi connectivity index (χ0n) is 14.1. The Balaban J connectivity index is 0.000000713. The Morgan fingerprint density at radius 1 is 1.24 bits per heavy atom. The number of guanidine groups is 1. The van der Waals surface area contributed by atoms with E-state index in [1.165, 1.54) is 19.3 Å². The van der Waals surface area contributed by atoms with Crippen LogP contribution in [0, 0.1) is 18.8 Å². The number of nitrogens with zero attached hydrogens (tertiary/aromatic N) is 2. The van der Waals surface area contributed by atoms with Crippen LogP contribution < -0.4 is 5.73 Å². The van der Waals surface area contributed by atoms with E-state index in [9.17, 15) is 4.79 Å². The molecule has 4 heteroatoms. The second-order valence-electron chi connectivity index (χ2n) is 5.73. The van der Waals surface area contributed by atoms with E-state index in [0.717, 1.165) is 19.4 Å². The summed E-state index contributed by atoms with van der Waals surface area (Å²) >= 11 is 0. The summed E-state index contributed by atoms with van der Waals surface area (Å²) < 4.78 is 0. The molecular formula is C17H31N3O. The van der Waals surface area contributed by atoms with Gasteiger partial charge in [-0.05, 0) is 31.6 Å². The standard InChI is InChI=1S/C12H21N3O.C3H8.C2H2/c1-3-12(4-2)7-10(16)15(11(13)14-12)8-9-5-6-9;1-3-2;1-2/h9H,3-8H2,1-2H3,(H2,13,14);3H2,1-2H3;1-2H. The monoisotopic (exact) mass is 293 g/mol. The molecule has 2 N–H and O–H groups in total. The zero-order valence-corrected chi connectivity index (χ0v) is 14.1. The van der Waals surface area contributed by atoms with Crippen molar-refractivity contribution < 1.29 is 4.79 Å². The molecule has 1 aliphatic heterocycles. The molecule has 1 amide bonds. The van der Waals surface area contributed by atoms with E-state index in [-0.39, 0.29) is 11.4 Å². The molecule has 1 fully saturated rings. The summed E-state index contributed by atoms with van der Waals surface area (Å²) in [4.78, 5) is 18.3. The molecule has 0 atom stereocenters. The first-order valence-corrected chi connectivity index (χ1v) is 8.00. The number of carbonyl (C=O) groups excluding carboxylic acids is 1. The van der Waals surface area contributed by atoms with Crippen LogP contribution in [0.1, 0.15) is 66.2 Å². The minimum absolute atomic E-state index is 0.156. The maximum atomic E-state index is 12.1. The lowest BCUT2D eigenvalue weighted by Crippen LogP contribution is -2.51. The summed E-state index contributed by atoms with van der Waals surface area (Å²) in [5.41, 5.74) is 5.69. The van der Waals surface area contributed by atoms with Crippen LogP contribution in [-0.4, -0.2) is 28.9 Å². The number of carbonyl (C=O) groups is 1. The number of terminal acetylenes is 1. The first-order valence-electron chi connectivity index (χ1n) is 8.00. The summed E-state index contributed by atoms with van der Waals surface area (Å²) in [5, 5.41) is 0. The van der Waals surface area contributed by atoms with Crippen LogP contribution in [0.3, 0.4) is 0 Å². The van der Waals surface area contributed by atoms with Gasteiger partial charge in [0.05, 0.1) is 12.0 Å². The summed E-state index contributed by atoms with van der Waals surface area (Å²) in [6.45, 7) is 9.17. The van der Waals surface area contributed by atoms with Gasteiger partial charge in [-0.15, -0.1) is 12.8 Å². The number of nitrogens with two attached hydrogens (primary N) is 1. The first-order chi connectivity index (χ1) is 10.0. The Morgan fingerprint density at radius 3 is 2.05 bits per heavy atom. The quantitative estimate of drug-likeness (QED) is 0.809. The minimum Gasteiger partial charge on any atom is -0.369 e. The topological polar surface area (TPSA) is 58.7 Å². The zero-order chi connectivity index (χ0) is 16.5. The molecule has 4 nitrogen and oxygen atoms in total. The highest BCUT2D eigenvalue weighted by atomic mass is 16.2. The third kappa shape index (κ3) is 5.79. The Hall–Kier alpha value is -1.50. The third-order valence-corrected chi connectivity index (χ3v) is 3.86. The van der Waals surface area contributed by atoms with E-state index in [1.807, 2.05) is 0 Å². The molecule has 1 heterocycles. The maximum absolute atomic E-state index is 12.1. The van der Waals surface area contributed by atoms with Gasteiger partial charge >= 0.3 is 0 Å². The van der Waals surface area contributed by atoms with Crippen molar-refractivity contribution in [3.05, 3.63) is 0 Å². The maximum Gasteiger partial charge on any atom is 0.231 e. The number of hydrogen-bond donors (Lipinski definition) is 1. The second-order valence-corrected chi connectivity index (χ2v) is 5.73. The second kappa shape index (κ2) is 9.44. The average molecular weight is 293 g/mol. The minimum atomic E-state index is -0.235. The molecular weight excluding hydrogens is 262 g/mol. The van der Waals surface area contributed by atoms with Crippen molar-refractivity contribution in [2.45, 2.75) is 71.8 Å². The molecule has 0 aromatic rings. The summed E-state index contributed by atoms with van der Waals surface area (Å²) in [7, 11) is 0. The van der Waals surface area contributed by atoms with Gasteiger partial charge < -0.3 is 5.73 Å². The molecule has 21 heavy (non-hydrogen) atoms. The first kappa shape index (κ1) is 19.5. The van der Waals surface area contributed by atoms with E-state index >= 15 is 0 Å². The molecule has 1 saturated carbocycles. The van der Waals surface area contributed by atoms with Gasteiger partial charge in [-0.25, -0.2) is 4.99 Å². The van der Waals surface area contributed by atoms with Crippen LogP contribution in [0.5, 0.6) is 0 Å². The average Bonchev–Trinajstić information content (AvgIpc) is 3.30. The number of rotatable bonds is 4. The van der Waals surface area contributed by atoms with Crippen LogP contribution in [0.2, 0.25) is 0 Å². The Labute approximate surface area is 130 Å². The van der Waals surface area contributed by atoms with Gasteiger partial charge in [0.25, 0.3) is 0 Å². The smallest absolute Gasteiger partial charge is 0.231 e. The molecule has 0 aromatic heterocycles. The van der Waals surface area contributed by atoms with Crippen molar-refractivity contribution >= 4 is 11.9 Å². The highest BCUT2D eigenvalue weighted by molar-refractivity contribution is 5.99. The Bertz CT molecular complexity index is 365. The van der Waals surface area contributed by atoms with Crippen LogP contribution in [0.25, 0.3) is 0 Å². The lowest BCUT2D eigenvalue weighted by molar-refractivity contribution is -0.129. The number of amides is 1. The third-order valence-electron chi connectivity index (χ3n) is 3.86. The highest BCUT2D eigenvalue weighted by Gasteiger charge is 2.38. The molecule has 0 radical (unpaired) electrons. The van der Waals surface area contributed by atoms with Gasteiger partial charge in [-0.2, -0.15) is 0 Å². The molecule has 2 aliphatic rings. The van der Waals surface area contributed by atoms with Gasteiger partial charge in [-0.1, -0.05) is 34.1 Å². The SMILES string of the molecule is C#C.CCC.CCC1(CC)CC(=O)N(CC2CC2)C(N)=N1. The van der Waals surface area contributed by atoms with E-state index in [4.69, 9.17) is 5.73 Å². The highest BCUT2D eigenvalue weighted by Crippen LogP contribution is 2.33. The van der Waals surface area contributed by atoms with Gasteiger partial charge in [0.2, 0.25) is 5.91 Å². The lowest BCUT2D eigenvalue weighted by Gasteiger charge is -2.36. The summed E-state index contributed by atoms with van der Waals surface area (Å²) in [6.07, 6.45) is 14.0. The van der Waals surface area contributed by atoms with Crippen LogP contribution in [0.15, 0.2) is 4.99 Å². The van der Waals surface area contributed by atoms with Gasteiger partial charge in [0.1, 0.15) is 0 Å². The number of aliphatic imine (C=N–C) groups is 1. The normalized spacial score (nSPS) is 19.6. The van der Waals surface area contributed by atoms with Crippen molar-refractivity contribution in [2.24, 2.45) is 16.6 Å². The van der Waals surface area contributed by atoms with E-state index in [0.29, 0.717) is 18.3 Å². The number of hydrogen-bond acceptors (Lipinski definition) is 3. The predicted molar refractivity (Wildman–Crippen MR) is 89.8 cm³/mol. The summed E-state index contributed by atoms with van der Waals surface area (Å²) in [6, 6.07) is 0. The molecule has 0 spiro atoms.